The van der Waals surface area contributed by atoms with Gasteiger partial charge >= 0.3 is 0 Å². The molecule has 0 unspecified atom stereocenters. The van der Waals surface area contributed by atoms with Crippen molar-refractivity contribution in [1.29, 1.82) is 0 Å². The van der Waals surface area contributed by atoms with Gasteiger partial charge in [-0.3, -0.25) is 9.69 Å². The van der Waals surface area contributed by atoms with Crippen molar-refractivity contribution in [3.8, 4) is 11.1 Å². The van der Waals surface area contributed by atoms with Crippen LogP contribution in [0.25, 0.3) is 11.1 Å². The highest BCUT2D eigenvalue weighted by molar-refractivity contribution is 5.73. The Morgan fingerprint density at radius 1 is 0.949 bits per heavy atom. The molecule has 2 heterocycles. The second kappa shape index (κ2) is 12.9. The van der Waals surface area contributed by atoms with Crippen LogP contribution in [0.2, 0.25) is 0 Å². The maximum Gasteiger partial charge on any atom is 0.217 e. The lowest BCUT2D eigenvalue weighted by Gasteiger charge is -2.38. The molecular weight excluding hydrogens is 492 g/mol. The molecule has 7 heteroatoms. The molecule has 3 N–H and O–H groups in total. The van der Waals surface area contributed by atoms with Crippen LogP contribution in [0.5, 0.6) is 0 Å². The summed E-state index contributed by atoms with van der Waals surface area (Å²) in [5, 5.41) is 22.1. The highest BCUT2D eigenvalue weighted by Gasteiger charge is 2.35. The van der Waals surface area contributed by atoms with Gasteiger partial charge in [-0.15, -0.1) is 0 Å². The van der Waals surface area contributed by atoms with E-state index in [0.29, 0.717) is 6.54 Å². The van der Waals surface area contributed by atoms with Crippen LogP contribution in [0.15, 0.2) is 72.8 Å². The largest absolute Gasteiger partial charge is 0.395 e. The Morgan fingerprint density at radius 3 is 2.44 bits per heavy atom. The summed E-state index contributed by atoms with van der Waals surface area (Å²) in [5.74, 6) is -0.0465. The van der Waals surface area contributed by atoms with Crippen molar-refractivity contribution in [2.24, 2.45) is 0 Å². The molecule has 3 aromatic rings. The SMILES string of the molecule is CC(=O)NCc1cccc(-c2ccc([C@H]3O[C@@H](CN4CCC[C@H]4CO)C[C@@H](c4ccc(CO)cc4)O3)cc2)c1. The van der Waals surface area contributed by atoms with E-state index < -0.39 is 6.29 Å². The summed E-state index contributed by atoms with van der Waals surface area (Å²) in [6.07, 6.45) is 2.15. The molecule has 0 aromatic heterocycles. The van der Waals surface area contributed by atoms with Gasteiger partial charge in [0.2, 0.25) is 5.91 Å². The van der Waals surface area contributed by atoms with E-state index in [9.17, 15) is 15.0 Å². The highest BCUT2D eigenvalue weighted by Crippen LogP contribution is 2.39. The molecule has 2 aliphatic rings. The smallest absolute Gasteiger partial charge is 0.217 e. The summed E-state index contributed by atoms with van der Waals surface area (Å²) in [6.45, 7) is 3.94. The van der Waals surface area contributed by atoms with Crippen LogP contribution < -0.4 is 5.32 Å². The average Bonchev–Trinajstić information content (AvgIpc) is 3.43. The first kappa shape index (κ1) is 27.5. The van der Waals surface area contributed by atoms with Crippen LogP contribution in [-0.2, 0) is 27.4 Å². The van der Waals surface area contributed by atoms with Crippen molar-refractivity contribution in [3.05, 3.63) is 95.1 Å². The molecular formula is C32H38N2O5. The number of ether oxygens (including phenoxy) is 2. The van der Waals surface area contributed by atoms with Gasteiger partial charge in [-0.2, -0.15) is 0 Å². The van der Waals surface area contributed by atoms with E-state index >= 15 is 0 Å². The first-order valence-electron chi connectivity index (χ1n) is 13.8. The first-order valence-corrected chi connectivity index (χ1v) is 13.8. The fourth-order valence-corrected chi connectivity index (χ4v) is 5.56. The number of nitrogens with one attached hydrogen (secondary N) is 1. The number of carbonyl (C=O) groups excluding carboxylic acids is 1. The van der Waals surface area contributed by atoms with Gasteiger partial charge in [0.15, 0.2) is 6.29 Å². The van der Waals surface area contributed by atoms with Crippen LogP contribution >= 0.6 is 0 Å². The molecule has 0 saturated carbocycles. The molecule has 5 rings (SSSR count). The van der Waals surface area contributed by atoms with Gasteiger partial charge in [0, 0.05) is 38.0 Å². The molecule has 7 nitrogen and oxygen atoms in total. The number of amides is 1. The second-order valence-corrected chi connectivity index (χ2v) is 10.6. The molecule has 2 saturated heterocycles. The normalized spacial score (nSPS) is 23.6. The third-order valence-electron chi connectivity index (χ3n) is 7.75. The van der Waals surface area contributed by atoms with E-state index in [2.05, 4.69) is 46.6 Å². The average molecular weight is 531 g/mol. The van der Waals surface area contributed by atoms with Crippen LogP contribution in [0.1, 0.15) is 60.8 Å². The summed E-state index contributed by atoms with van der Waals surface area (Å²) >= 11 is 0. The molecule has 2 aliphatic heterocycles. The van der Waals surface area contributed by atoms with E-state index in [4.69, 9.17) is 9.47 Å². The Kier molecular flexibility index (Phi) is 9.06. The number of benzene rings is 3. The van der Waals surface area contributed by atoms with Crippen LogP contribution in [0, 0.1) is 0 Å². The van der Waals surface area contributed by atoms with Crippen molar-refractivity contribution >= 4 is 5.91 Å². The number of aliphatic hydroxyl groups excluding tert-OH is 2. The zero-order valence-corrected chi connectivity index (χ0v) is 22.5. The van der Waals surface area contributed by atoms with Gasteiger partial charge in [0.25, 0.3) is 0 Å². The van der Waals surface area contributed by atoms with Gasteiger partial charge < -0.3 is 25.0 Å². The molecule has 2 fully saturated rings. The molecule has 39 heavy (non-hydrogen) atoms. The second-order valence-electron chi connectivity index (χ2n) is 10.6. The third kappa shape index (κ3) is 6.93. The van der Waals surface area contributed by atoms with Gasteiger partial charge in [0.1, 0.15) is 0 Å². The Labute approximate surface area is 230 Å². The topological polar surface area (TPSA) is 91.3 Å². The first-order chi connectivity index (χ1) is 19.0. The van der Waals surface area contributed by atoms with Gasteiger partial charge in [-0.1, -0.05) is 66.7 Å². The molecule has 0 spiro atoms. The number of rotatable bonds is 9. The summed E-state index contributed by atoms with van der Waals surface area (Å²) in [4.78, 5) is 13.6. The van der Waals surface area contributed by atoms with Crippen molar-refractivity contribution in [1.82, 2.24) is 10.2 Å². The molecule has 4 atom stereocenters. The van der Waals surface area contributed by atoms with E-state index in [-0.39, 0.29) is 37.4 Å². The van der Waals surface area contributed by atoms with Crippen LogP contribution in [0.3, 0.4) is 0 Å². The van der Waals surface area contributed by atoms with E-state index in [0.717, 1.165) is 65.7 Å². The zero-order chi connectivity index (χ0) is 27.2. The summed E-state index contributed by atoms with van der Waals surface area (Å²) in [6, 6.07) is 24.6. The van der Waals surface area contributed by atoms with Gasteiger partial charge in [-0.25, -0.2) is 0 Å². The van der Waals surface area contributed by atoms with E-state index in [1.165, 1.54) is 6.92 Å². The molecule has 0 radical (unpaired) electrons. The fraction of sp³-hybridized carbons (Fsp3) is 0.406. The number of carbonyl (C=O) groups is 1. The molecule has 1 amide bonds. The maximum absolute atomic E-state index is 11.3. The molecule has 0 bridgehead atoms. The Bertz CT molecular complexity index is 1230. The maximum atomic E-state index is 11.3. The van der Waals surface area contributed by atoms with Gasteiger partial charge in [0.05, 0.1) is 25.4 Å². The van der Waals surface area contributed by atoms with E-state index in [1.807, 2.05) is 36.4 Å². The molecule has 3 aromatic carbocycles. The highest BCUT2D eigenvalue weighted by atomic mass is 16.7. The number of aliphatic hydroxyl groups is 2. The predicted octanol–water partition coefficient (Wildman–Crippen LogP) is 4.48. The standard InChI is InChI=1S/C32H38N2O5/c1-22(37)33-18-24-4-2-5-28(16-24)25-11-13-27(14-12-25)32-38-30(19-34-15-3-6-29(34)21-36)17-31(39-32)26-9-7-23(20-35)8-10-26/h2,4-5,7-14,16,29-32,35-36H,3,6,15,17-21H2,1H3,(H,33,37)/t29-,30+,31-,32-/m0/s1. The lowest BCUT2D eigenvalue weighted by atomic mass is 9.99. The van der Waals surface area contributed by atoms with Crippen molar-refractivity contribution in [3.63, 3.8) is 0 Å². The minimum atomic E-state index is -0.512. The monoisotopic (exact) mass is 530 g/mol. The fourth-order valence-electron chi connectivity index (χ4n) is 5.56. The van der Waals surface area contributed by atoms with Crippen LogP contribution in [0.4, 0.5) is 0 Å². The minimum absolute atomic E-state index is 0.0141. The number of nitrogens with zero attached hydrogens (tertiary/aromatic N) is 1. The Hall–Kier alpha value is -3.07. The van der Waals surface area contributed by atoms with Crippen molar-refractivity contribution < 1.29 is 24.5 Å². The zero-order valence-electron chi connectivity index (χ0n) is 22.5. The predicted molar refractivity (Wildman–Crippen MR) is 150 cm³/mol. The van der Waals surface area contributed by atoms with Gasteiger partial charge in [-0.05, 0) is 53.3 Å². The lowest BCUT2D eigenvalue weighted by molar-refractivity contribution is -0.253. The van der Waals surface area contributed by atoms with E-state index in [1.54, 1.807) is 0 Å². The quantitative estimate of drug-likeness (QED) is 0.378. The summed E-state index contributed by atoms with van der Waals surface area (Å²) < 4.78 is 13.0. The minimum Gasteiger partial charge on any atom is -0.395 e. The van der Waals surface area contributed by atoms with Crippen LogP contribution in [-0.4, -0.2) is 52.9 Å². The summed E-state index contributed by atoms with van der Waals surface area (Å²) in [7, 11) is 0. The van der Waals surface area contributed by atoms with Crippen molar-refractivity contribution in [2.45, 2.75) is 63.9 Å². The van der Waals surface area contributed by atoms with Crippen molar-refractivity contribution in [2.75, 3.05) is 19.7 Å². The number of hydrogen-bond acceptors (Lipinski definition) is 6. The summed E-state index contributed by atoms with van der Waals surface area (Å²) in [5.41, 5.74) is 6.10. The Balaban J connectivity index is 1.34. The number of hydrogen-bond donors (Lipinski definition) is 3. The molecule has 206 valence electrons. The Morgan fingerprint density at radius 2 is 1.72 bits per heavy atom. The number of likely N-dealkylation sites (tertiary alicyclic amines) is 1. The molecule has 0 aliphatic carbocycles. The lowest BCUT2D eigenvalue weighted by Crippen LogP contribution is -2.42. The third-order valence-corrected chi connectivity index (χ3v) is 7.75.